The van der Waals surface area contributed by atoms with Crippen LogP contribution in [0.15, 0.2) is 0 Å². The quantitative estimate of drug-likeness (QED) is 0.382. The molecule has 2 atom stereocenters. The molecular formula is C5H17I2O6P3. The lowest BCUT2D eigenvalue weighted by atomic mass is 11.9. The summed E-state index contributed by atoms with van der Waals surface area (Å²) in [6, 6.07) is 0. The molecule has 6 nitrogen and oxygen atoms in total. The summed E-state index contributed by atoms with van der Waals surface area (Å²) in [7, 11) is -9.24. The van der Waals surface area contributed by atoms with Crippen molar-refractivity contribution in [3.05, 3.63) is 0 Å². The number of hydrogen-bond acceptors (Lipinski definition) is 3. The molecule has 11 heteroatoms. The van der Waals surface area contributed by atoms with Crippen LogP contribution in [0.25, 0.3) is 0 Å². The van der Waals surface area contributed by atoms with Crippen LogP contribution in [-0.4, -0.2) is 47.2 Å². The molecule has 0 aromatic rings. The molecule has 0 heterocycles. The molecule has 0 saturated heterocycles. The number of hydrogen-bond donors (Lipinski definition) is 3. The maximum absolute atomic E-state index is 10.5. The third-order valence-corrected chi connectivity index (χ3v) is 4.72. The molecule has 0 saturated carbocycles. The highest BCUT2D eigenvalue weighted by atomic mass is 128. The monoisotopic (exact) mass is 520 g/mol. The molecule has 0 spiro atoms. The van der Waals surface area contributed by atoms with E-state index in [1.165, 1.54) is 13.3 Å². The van der Waals surface area contributed by atoms with Gasteiger partial charge < -0.3 is 14.7 Å². The predicted molar refractivity (Wildman–Crippen MR) is 86.1 cm³/mol. The van der Waals surface area contributed by atoms with E-state index in [4.69, 9.17) is 14.7 Å². The highest BCUT2D eigenvalue weighted by Gasteiger charge is 2.21. The van der Waals surface area contributed by atoms with Crippen molar-refractivity contribution in [3.63, 3.8) is 0 Å². The molecule has 0 fully saturated rings. The molecule has 0 radical (unpaired) electrons. The first-order valence-corrected chi connectivity index (χ1v) is 17.1. The molecule has 102 valence electrons. The number of halogens is 2. The molecule has 16 heavy (non-hydrogen) atoms. The van der Waals surface area contributed by atoms with E-state index < -0.39 is 28.0 Å². The molecular weight excluding hydrogens is 503 g/mol. The molecule has 0 aliphatic carbocycles. The van der Waals surface area contributed by atoms with E-state index >= 15 is 0 Å². The van der Waals surface area contributed by atoms with Gasteiger partial charge in [0.25, 0.3) is 0 Å². The Hall–Kier alpha value is 2.03. The Morgan fingerprint density at radius 1 is 0.812 bits per heavy atom. The Labute approximate surface area is 119 Å². The first-order chi connectivity index (χ1) is 6.71. The largest absolute Gasteiger partial charge is 0.345 e. The van der Waals surface area contributed by atoms with Gasteiger partial charge in [0.05, 0.1) is 0 Å². The third kappa shape index (κ3) is 56.2. The van der Waals surface area contributed by atoms with Gasteiger partial charge in [-0.05, 0) is 0 Å². The Morgan fingerprint density at radius 3 is 0.938 bits per heavy atom. The van der Waals surface area contributed by atoms with Crippen LogP contribution in [0.4, 0.5) is 0 Å². The summed E-state index contributed by atoms with van der Waals surface area (Å²) >= 11 is 4.24. The summed E-state index contributed by atoms with van der Waals surface area (Å²) in [5.74, 6) is -0.486. The molecule has 2 unspecified atom stereocenters. The lowest BCUT2D eigenvalue weighted by Gasteiger charge is -2.06. The number of rotatable bonds is 2. The Kier molecular flexibility index (Phi) is 14.3. The smallest absolute Gasteiger partial charge is 0.207 e. The lowest BCUT2D eigenvalue weighted by Crippen LogP contribution is -1.86. The van der Waals surface area contributed by atoms with Crippen molar-refractivity contribution >= 4 is 59.3 Å². The summed E-state index contributed by atoms with van der Waals surface area (Å²) in [4.78, 5) is 25.2. The predicted octanol–water partition coefficient (Wildman–Crippen LogP) is 3.03. The zero-order chi connectivity index (χ0) is 14.2. The van der Waals surface area contributed by atoms with Gasteiger partial charge in [0.2, 0.25) is 14.7 Å². The Bertz CT molecular complexity index is 273. The zero-order valence-electron chi connectivity index (χ0n) is 9.37. The van der Waals surface area contributed by atoms with Gasteiger partial charge >= 0.3 is 0 Å². The maximum Gasteiger partial charge on any atom is 0.207 e. The summed E-state index contributed by atoms with van der Waals surface area (Å²) in [6.45, 7) is 4.73. The minimum atomic E-state index is -3.30. The fourth-order valence-electron chi connectivity index (χ4n) is 0.487. The van der Waals surface area contributed by atoms with Crippen molar-refractivity contribution in [2.24, 2.45) is 0 Å². The van der Waals surface area contributed by atoms with Crippen molar-refractivity contribution in [2.45, 2.75) is 0 Å². The first-order valence-electron chi connectivity index (χ1n) is 3.71. The average Bonchev–Trinajstić information content (AvgIpc) is 1.78. The molecule has 0 aliphatic rings. The van der Waals surface area contributed by atoms with Crippen LogP contribution < -0.4 is 0 Å². The van der Waals surface area contributed by atoms with Crippen molar-refractivity contribution in [3.8, 4) is 0 Å². The van der Waals surface area contributed by atoms with Crippen molar-refractivity contribution in [2.75, 3.05) is 32.6 Å². The second-order valence-corrected chi connectivity index (χ2v) is 11.5. The van der Waals surface area contributed by atoms with E-state index in [1.807, 2.05) is 0 Å². The zero-order valence-corrected chi connectivity index (χ0v) is 16.4. The van der Waals surface area contributed by atoms with Crippen LogP contribution in [0.1, 0.15) is 0 Å². The topological polar surface area (TPSA) is 112 Å². The molecule has 0 rings (SSSR count). The van der Waals surface area contributed by atoms with E-state index in [-0.39, 0.29) is 0 Å². The third-order valence-electron chi connectivity index (χ3n) is 0.525. The van der Waals surface area contributed by atoms with E-state index in [0.29, 0.717) is 0 Å². The summed E-state index contributed by atoms with van der Waals surface area (Å²) in [5, 5.41) is 0. The second-order valence-electron chi connectivity index (χ2n) is 3.54. The van der Waals surface area contributed by atoms with Crippen LogP contribution >= 0.6 is 59.3 Å². The summed E-state index contributed by atoms with van der Waals surface area (Å²) in [5.41, 5.74) is 0. The maximum atomic E-state index is 10.5. The van der Waals surface area contributed by atoms with E-state index in [0.717, 1.165) is 13.3 Å². The highest BCUT2D eigenvalue weighted by molar-refractivity contribution is 15.0. The van der Waals surface area contributed by atoms with E-state index in [1.54, 1.807) is 0 Å². The SMILES string of the molecule is CP(=O)(O)CP(C)(=O)O.CP(C)(=O)O.II. The van der Waals surface area contributed by atoms with Crippen molar-refractivity contribution in [1.82, 2.24) is 0 Å². The minimum absolute atomic E-state index is 0.486. The fraction of sp³-hybridized carbons (Fsp3) is 1.00. The standard InChI is InChI=1S/C3H10O4P2.C2H7O2P.I2/c1-8(4,5)3-9(2,6)7;1-5(2,3)4;1-2/h3H2,1-2H3,(H,4,5)(H,6,7);1-2H3,(H,3,4);. The van der Waals surface area contributed by atoms with Gasteiger partial charge in [0.1, 0.15) is 5.90 Å². The molecule has 3 N–H and O–H groups in total. The van der Waals surface area contributed by atoms with Crippen molar-refractivity contribution in [1.29, 1.82) is 0 Å². The summed E-state index contributed by atoms with van der Waals surface area (Å²) in [6.07, 6.45) is 0. The molecule has 0 amide bonds. The Balaban J connectivity index is -0.000000205. The Morgan fingerprint density at radius 2 is 0.938 bits per heavy atom. The van der Waals surface area contributed by atoms with Crippen LogP contribution in [0, 0.1) is 0 Å². The highest BCUT2D eigenvalue weighted by Crippen LogP contribution is 2.52. The van der Waals surface area contributed by atoms with Gasteiger partial charge in [-0.1, -0.05) is 0 Å². The summed E-state index contributed by atoms with van der Waals surface area (Å²) < 4.78 is 30.7. The molecule has 0 bridgehead atoms. The molecule has 0 aromatic carbocycles. The van der Waals surface area contributed by atoms with Gasteiger partial charge in [0.15, 0.2) is 7.37 Å². The van der Waals surface area contributed by atoms with Gasteiger partial charge in [-0.3, -0.25) is 13.7 Å². The van der Waals surface area contributed by atoms with Crippen LogP contribution in [0.5, 0.6) is 0 Å². The normalized spacial score (nSPS) is 17.8. The fourth-order valence-corrected chi connectivity index (χ4v) is 4.38. The van der Waals surface area contributed by atoms with Crippen LogP contribution in [0.2, 0.25) is 0 Å². The van der Waals surface area contributed by atoms with Crippen LogP contribution in [-0.2, 0) is 13.7 Å². The minimum Gasteiger partial charge on any atom is -0.345 e. The lowest BCUT2D eigenvalue weighted by molar-refractivity contribution is 0.473. The second kappa shape index (κ2) is 9.89. The average molecular weight is 520 g/mol. The first kappa shape index (κ1) is 23.1. The van der Waals surface area contributed by atoms with Gasteiger partial charge in [-0.15, -0.1) is 0 Å². The van der Waals surface area contributed by atoms with E-state index in [9.17, 15) is 13.7 Å². The van der Waals surface area contributed by atoms with E-state index in [2.05, 4.69) is 37.2 Å². The van der Waals surface area contributed by atoms with Gasteiger partial charge in [-0.2, -0.15) is 0 Å². The molecule has 0 aromatic heterocycles. The van der Waals surface area contributed by atoms with Crippen molar-refractivity contribution < 1.29 is 28.4 Å². The molecule has 0 aliphatic heterocycles. The van der Waals surface area contributed by atoms with Gasteiger partial charge in [0, 0.05) is 63.9 Å². The van der Waals surface area contributed by atoms with Gasteiger partial charge in [-0.25, -0.2) is 0 Å². The van der Waals surface area contributed by atoms with Crippen LogP contribution in [0.3, 0.4) is 0 Å².